The Morgan fingerprint density at radius 2 is 1.58 bits per heavy atom. The standard InChI is InChI=1S/C22H19Br2N7O4S/c23-16-6-4-15(5-7-16)19-20(31-36(32,33)30-13-18-3-1-2-8-25-18)28-14-29-21(19)34-9-10-35-22-26-11-17(24)12-27-22/h1-8,11-12,14,30H,9-10,13H2,(H,28,29,31). The molecule has 4 aromatic rings. The largest absolute Gasteiger partial charge is 0.473 e. The van der Waals surface area contributed by atoms with Crippen molar-refractivity contribution in [3.05, 3.63) is 82.0 Å². The second-order valence-electron chi connectivity index (χ2n) is 7.04. The summed E-state index contributed by atoms with van der Waals surface area (Å²) in [4.78, 5) is 20.6. The molecule has 0 aliphatic carbocycles. The highest BCUT2D eigenvalue weighted by Gasteiger charge is 2.20. The van der Waals surface area contributed by atoms with E-state index in [0.717, 1.165) is 8.95 Å². The molecule has 0 atom stereocenters. The van der Waals surface area contributed by atoms with Crippen molar-refractivity contribution < 1.29 is 17.9 Å². The summed E-state index contributed by atoms with van der Waals surface area (Å²) in [5.41, 5.74) is 1.58. The second-order valence-corrected chi connectivity index (χ2v) is 10.4. The molecule has 1 aromatic carbocycles. The van der Waals surface area contributed by atoms with Crippen molar-refractivity contribution in [3.63, 3.8) is 0 Å². The average molecular weight is 637 g/mol. The first-order valence-electron chi connectivity index (χ1n) is 10.4. The summed E-state index contributed by atoms with van der Waals surface area (Å²) in [7, 11) is -3.99. The number of nitrogens with one attached hydrogen (secondary N) is 2. The van der Waals surface area contributed by atoms with Crippen LogP contribution in [0.15, 0.2) is 76.3 Å². The Morgan fingerprint density at radius 3 is 2.31 bits per heavy atom. The highest BCUT2D eigenvalue weighted by atomic mass is 79.9. The van der Waals surface area contributed by atoms with Gasteiger partial charge in [0.25, 0.3) is 0 Å². The van der Waals surface area contributed by atoms with Crippen LogP contribution < -0.4 is 18.9 Å². The summed E-state index contributed by atoms with van der Waals surface area (Å²) in [6, 6.07) is 12.7. The first-order valence-corrected chi connectivity index (χ1v) is 13.5. The average Bonchev–Trinajstić information content (AvgIpc) is 2.88. The molecule has 3 heterocycles. The predicted molar refractivity (Wildman–Crippen MR) is 140 cm³/mol. The van der Waals surface area contributed by atoms with E-state index in [1.54, 1.807) is 48.9 Å². The zero-order valence-electron chi connectivity index (χ0n) is 18.5. The molecule has 0 saturated carbocycles. The van der Waals surface area contributed by atoms with Gasteiger partial charge in [-0.2, -0.15) is 13.1 Å². The molecule has 36 heavy (non-hydrogen) atoms. The maximum atomic E-state index is 12.8. The van der Waals surface area contributed by atoms with Gasteiger partial charge in [-0.15, -0.1) is 0 Å². The summed E-state index contributed by atoms with van der Waals surface area (Å²) >= 11 is 6.67. The van der Waals surface area contributed by atoms with Crippen molar-refractivity contribution in [2.24, 2.45) is 0 Å². The molecule has 0 spiro atoms. The van der Waals surface area contributed by atoms with Gasteiger partial charge in [0, 0.05) is 23.1 Å². The lowest BCUT2D eigenvalue weighted by Crippen LogP contribution is -2.30. The Labute approximate surface area is 224 Å². The van der Waals surface area contributed by atoms with Gasteiger partial charge in [-0.1, -0.05) is 34.1 Å². The van der Waals surface area contributed by atoms with Crippen molar-refractivity contribution >= 4 is 47.9 Å². The minimum atomic E-state index is -3.99. The number of pyridine rings is 1. The molecular weight excluding hydrogens is 618 g/mol. The second kappa shape index (κ2) is 12.2. The monoisotopic (exact) mass is 635 g/mol. The van der Waals surface area contributed by atoms with E-state index < -0.39 is 10.2 Å². The molecular formula is C22H19Br2N7O4S. The Kier molecular flexibility index (Phi) is 8.74. The predicted octanol–water partition coefficient (Wildman–Crippen LogP) is 3.76. The molecule has 0 unspecified atom stereocenters. The van der Waals surface area contributed by atoms with Crippen LogP contribution in [-0.4, -0.2) is 46.6 Å². The molecule has 2 N–H and O–H groups in total. The van der Waals surface area contributed by atoms with E-state index >= 15 is 0 Å². The lowest BCUT2D eigenvalue weighted by molar-refractivity contribution is 0.202. The molecule has 0 amide bonds. The SMILES string of the molecule is O=S(=O)(NCc1ccccn1)Nc1ncnc(OCCOc2ncc(Br)cn2)c1-c1ccc(Br)cc1. The van der Waals surface area contributed by atoms with Crippen molar-refractivity contribution in [3.8, 4) is 23.0 Å². The van der Waals surface area contributed by atoms with E-state index in [-0.39, 0.29) is 37.5 Å². The van der Waals surface area contributed by atoms with Crippen LogP contribution in [0.5, 0.6) is 11.9 Å². The van der Waals surface area contributed by atoms with Crippen LogP contribution in [-0.2, 0) is 16.8 Å². The van der Waals surface area contributed by atoms with Gasteiger partial charge in [0.05, 0.1) is 22.3 Å². The highest BCUT2D eigenvalue weighted by Crippen LogP contribution is 2.35. The normalized spacial score (nSPS) is 11.2. The Balaban J connectivity index is 1.52. The molecule has 11 nitrogen and oxygen atoms in total. The number of benzene rings is 1. The molecule has 0 radical (unpaired) electrons. The van der Waals surface area contributed by atoms with Crippen LogP contribution in [0.4, 0.5) is 5.82 Å². The number of rotatable bonds is 11. The van der Waals surface area contributed by atoms with Crippen molar-refractivity contribution in [2.75, 3.05) is 17.9 Å². The number of nitrogens with zero attached hydrogens (tertiary/aromatic N) is 5. The number of hydrogen-bond acceptors (Lipinski definition) is 9. The van der Waals surface area contributed by atoms with Gasteiger partial charge >= 0.3 is 16.2 Å². The van der Waals surface area contributed by atoms with Crippen LogP contribution in [0.1, 0.15) is 5.69 Å². The molecule has 14 heteroatoms. The van der Waals surface area contributed by atoms with Gasteiger partial charge in [0.15, 0.2) is 5.82 Å². The first kappa shape index (κ1) is 25.9. The highest BCUT2D eigenvalue weighted by molar-refractivity contribution is 9.10. The molecule has 4 rings (SSSR count). The van der Waals surface area contributed by atoms with Gasteiger partial charge in [-0.3, -0.25) is 9.71 Å². The van der Waals surface area contributed by atoms with E-state index in [1.165, 1.54) is 6.33 Å². The van der Waals surface area contributed by atoms with Crippen molar-refractivity contribution in [1.29, 1.82) is 0 Å². The van der Waals surface area contributed by atoms with E-state index in [2.05, 4.69) is 66.2 Å². The Morgan fingerprint density at radius 1 is 0.833 bits per heavy atom. The minimum Gasteiger partial charge on any atom is -0.473 e. The zero-order valence-corrected chi connectivity index (χ0v) is 22.5. The maximum Gasteiger partial charge on any atom is 0.316 e. The number of ether oxygens (including phenoxy) is 2. The Bertz CT molecular complexity index is 1390. The summed E-state index contributed by atoms with van der Waals surface area (Å²) in [5, 5.41) is 0. The van der Waals surface area contributed by atoms with Crippen molar-refractivity contribution in [1.82, 2.24) is 29.6 Å². The van der Waals surface area contributed by atoms with Crippen LogP contribution in [0.2, 0.25) is 0 Å². The maximum absolute atomic E-state index is 12.8. The fraction of sp³-hybridized carbons (Fsp3) is 0.136. The van der Waals surface area contributed by atoms with Gasteiger partial charge < -0.3 is 9.47 Å². The Hall–Kier alpha value is -3.20. The molecule has 3 aromatic heterocycles. The topological polar surface area (TPSA) is 141 Å². The number of halogens is 2. The quantitative estimate of drug-likeness (QED) is 0.235. The first-order chi connectivity index (χ1) is 17.4. The summed E-state index contributed by atoms with van der Waals surface area (Å²) in [6.45, 7) is 0.246. The van der Waals surface area contributed by atoms with Gasteiger partial charge in [0.2, 0.25) is 5.88 Å². The van der Waals surface area contributed by atoms with E-state index in [1.807, 2.05) is 12.1 Å². The molecule has 0 bridgehead atoms. The van der Waals surface area contributed by atoms with E-state index in [4.69, 9.17) is 9.47 Å². The van der Waals surface area contributed by atoms with Crippen LogP contribution in [0, 0.1) is 0 Å². The molecule has 0 saturated heterocycles. The summed E-state index contributed by atoms with van der Waals surface area (Å²) < 4.78 is 43.4. The number of aromatic nitrogens is 5. The van der Waals surface area contributed by atoms with E-state index in [9.17, 15) is 8.42 Å². The van der Waals surface area contributed by atoms with Gasteiger partial charge in [-0.05, 0) is 45.8 Å². The van der Waals surface area contributed by atoms with Crippen molar-refractivity contribution in [2.45, 2.75) is 6.54 Å². The van der Waals surface area contributed by atoms with Crippen LogP contribution in [0.25, 0.3) is 11.1 Å². The number of anilines is 1. The fourth-order valence-corrected chi connectivity index (χ4v) is 4.20. The zero-order chi connectivity index (χ0) is 25.4. The third kappa shape index (κ3) is 7.40. The van der Waals surface area contributed by atoms with E-state index in [0.29, 0.717) is 16.8 Å². The minimum absolute atomic E-state index is 0.00764. The molecule has 0 fully saturated rings. The number of hydrogen-bond donors (Lipinski definition) is 2. The molecule has 0 aliphatic rings. The van der Waals surface area contributed by atoms with Crippen LogP contribution >= 0.6 is 31.9 Å². The lowest BCUT2D eigenvalue weighted by atomic mass is 10.1. The third-order valence-electron chi connectivity index (χ3n) is 4.50. The molecule has 186 valence electrons. The molecule has 0 aliphatic heterocycles. The van der Waals surface area contributed by atoms with Crippen LogP contribution in [0.3, 0.4) is 0 Å². The van der Waals surface area contributed by atoms with Gasteiger partial charge in [0.1, 0.15) is 19.5 Å². The smallest absolute Gasteiger partial charge is 0.316 e. The van der Waals surface area contributed by atoms with Gasteiger partial charge in [-0.25, -0.2) is 19.9 Å². The third-order valence-corrected chi connectivity index (χ3v) is 6.42. The summed E-state index contributed by atoms with van der Waals surface area (Å²) in [6.07, 6.45) is 5.94. The fourth-order valence-electron chi connectivity index (χ4n) is 2.91. The summed E-state index contributed by atoms with van der Waals surface area (Å²) in [5.74, 6) is 0.225. The lowest BCUT2D eigenvalue weighted by Gasteiger charge is -2.16.